The van der Waals surface area contributed by atoms with Crippen LogP contribution in [0.1, 0.15) is 30.9 Å². The van der Waals surface area contributed by atoms with Crippen LogP contribution >= 0.6 is 0 Å². The summed E-state index contributed by atoms with van der Waals surface area (Å²) in [5.41, 5.74) is 0.892. The van der Waals surface area contributed by atoms with E-state index in [4.69, 9.17) is 0 Å². The van der Waals surface area contributed by atoms with Crippen LogP contribution in [0, 0.1) is 5.92 Å². The highest BCUT2D eigenvalue weighted by Crippen LogP contribution is 2.29. The first-order chi connectivity index (χ1) is 14.5. The summed E-state index contributed by atoms with van der Waals surface area (Å²) in [7, 11) is 0. The summed E-state index contributed by atoms with van der Waals surface area (Å²) in [5, 5.41) is 2.76. The lowest BCUT2D eigenvalue weighted by Gasteiger charge is -2.33. The third-order valence-electron chi connectivity index (χ3n) is 6.25. The summed E-state index contributed by atoms with van der Waals surface area (Å²) >= 11 is 0. The van der Waals surface area contributed by atoms with Gasteiger partial charge in [0.15, 0.2) is 0 Å². The van der Waals surface area contributed by atoms with Gasteiger partial charge in [0, 0.05) is 13.1 Å². The Balaban J connectivity index is 1.34. The fourth-order valence-electron chi connectivity index (χ4n) is 4.38. The van der Waals surface area contributed by atoms with E-state index in [0.717, 1.165) is 24.2 Å². The van der Waals surface area contributed by atoms with Gasteiger partial charge in [0.1, 0.15) is 12.1 Å². The lowest BCUT2D eigenvalue weighted by Crippen LogP contribution is -2.46. The second-order valence-electron chi connectivity index (χ2n) is 8.33. The van der Waals surface area contributed by atoms with Crippen molar-refractivity contribution in [2.45, 2.75) is 31.7 Å². The third-order valence-corrected chi connectivity index (χ3v) is 6.25. The molecule has 2 aromatic carbocycles. The van der Waals surface area contributed by atoms with Crippen LogP contribution in [-0.2, 0) is 21.5 Å². The lowest BCUT2D eigenvalue weighted by atomic mass is 9.90. The van der Waals surface area contributed by atoms with Crippen molar-refractivity contribution in [2.75, 3.05) is 19.6 Å². The Bertz CT molecular complexity index is 923. The zero-order chi connectivity index (χ0) is 21.1. The minimum absolute atomic E-state index is 0.172. The van der Waals surface area contributed by atoms with E-state index in [9.17, 15) is 14.4 Å². The van der Waals surface area contributed by atoms with E-state index in [1.807, 2.05) is 24.3 Å². The number of rotatable bonds is 5. The number of piperidine rings is 1. The van der Waals surface area contributed by atoms with E-state index in [1.165, 1.54) is 5.56 Å². The van der Waals surface area contributed by atoms with Gasteiger partial charge in [-0.3, -0.25) is 14.5 Å². The van der Waals surface area contributed by atoms with Crippen LogP contribution in [-0.4, -0.2) is 47.3 Å². The quantitative estimate of drug-likeness (QED) is 0.778. The number of amides is 4. The minimum Gasteiger partial charge on any atom is -0.341 e. The first-order valence-corrected chi connectivity index (χ1v) is 10.5. The molecule has 4 amide bonds. The largest absolute Gasteiger partial charge is 0.341 e. The molecule has 0 bridgehead atoms. The Morgan fingerprint density at radius 2 is 1.60 bits per heavy atom. The minimum atomic E-state index is -1.14. The van der Waals surface area contributed by atoms with Gasteiger partial charge < -0.3 is 10.2 Å². The van der Waals surface area contributed by atoms with Gasteiger partial charge in [-0.15, -0.1) is 0 Å². The molecule has 2 saturated heterocycles. The molecule has 2 aliphatic heterocycles. The first-order valence-electron chi connectivity index (χ1n) is 10.5. The number of hydrogen-bond donors (Lipinski definition) is 1. The molecule has 1 atom stereocenters. The summed E-state index contributed by atoms with van der Waals surface area (Å²) in [4.78, 5) is 41.1. The number of nitrogens with zero attached hydrogens (tertiary/aromatic N) is 2. The van der Waals surface area contributed by atoms with Crippen LogP contribution in [0.25, 0.3) is 0 Å². The van der Waals surface area contributed by atoms with Crippen molar-refractivity contribution in [3.05, 3.63) is 71.8 Å². The Labute approximate surface area is 176 Å². The van der Waals surface area contributed by atoms with Gasteiger partial charge in [0.25, 0.3) is 5.91 Å². The Hall–Kier alpha value is -3.15. The molecule has 4 rings (SSSR count). The smallest absolute Gasteiger partial charge is 0.325 e. The van der Waals surface area contributed by atoms with Crippen LogP contribution in [0.15, 0.2) is 60.7 Å². The number of imide groups is 1. The molecule has 6 nitrogen and oxygen atoms in total. The van der Waals surface area contributed by atoms with Gasteiger partial charge in [0.05, 0.1) is 0 Å². The standard InChI is InChI=1S/C24H27N3O3/c1-24(20-10-6-3-7-11-20)22(29)27(23(30)25-24)17-21(28)26-14-12-19(13-15-26)16-18-8-4-2-5-9-18/h2-11,19H,12-17H2,1H3,(H,25,30). The van der Waals surface area contributed by atoms with Crippen molar-refractivity contribution in [2.24, 2.45) is 5.92 Å². The SMILES string of the molecule is CC1(c2ccccc2)NC(=O)N(CC(=O)N2CCC(Cc3ccccc3)CC2)C1=O. The van der Waals surface area contributed by atoms with Gasteiger partial charge in [-0.2, -0.15) is 0 Å². The highest BCUT2D eigenvalue weighted by molar-refractivity contribution is 6.09. The molecule has 2 aromatic rings. The van der Waals surface area contributed by atoms with E-state index < -0.39 is 11.6 Å². The van der Waals surface area contributed by atoms with Crippen molar-refractivity contribution in [3.8, 4) is 0 Å². The van der Waals surface area contributed by atoms with Crippen molar-refractivity contribution >= 4 is 17.8 Å². The highest BCUT2D eigenvalue weighted by Gasteiger charge is 2.49. The molecular formula is C24H27N3O3. The number of nitrogens with one attached hydrogen (secondary N) is 1. The molecule has 0 saturated carbocycles. The molecule has 0 spiro atoms. The Morgan fingerprint density at radius 1 is 1.00 bits per heavy atom. The maximum Gasteiger partial charge on any atom is 0.325 e. The van der Waals surface area contributed by atoms with Gasteiger partial charge in [0.2, 0.25) is 5.91 Å². The number of benzene rings is 2. The van der Waals surface area contributed by atoms with Crippen LogP contribution in [0.3, 0.4) is 0 Å². The van der Waals surface area contributed by atoms with Gasteiger partial charge in [-0.1, -0.05) is 60.7 Å². The third kappa shape index (κ3) is 3.95. The zero-order valence-corrected chi connectivity index (χ0v) is 17.2. The van der Waals surface area contributed by atoms with Gasteiger partial charge in [-0.05, 0) is 43.2 Å². The van der Waals surface area contributed by atoms with Crippen molar-refractivity contribution in [1.82, 2.24) is 15.1 Å². The maximum atomic E-state index is 13.0. The average Bonchev–Trinajstić information content (AvgIpc) is 2.99. The summed E-state index contributed by atoms with van der Waals surface area (Å²) in [5.74, 6) is -0.00507. The summed E-state index contributed by atoms with van der Waals surface area (Å²) in [6.45, 7) is 2.80. The predicted octanol–water partition coefficient (Wildman–Crippen LogP) is 2.93. The molecule has 2 aliphatic rings. The molecule has 0 radical (unpaired) electrons. The van der Waals surface area contributed by atoms with Gasteiger partial charge >= 0.3 is 6.03 Å². The molecule has 2 heterocycles. The fourth-order valence-corrected chi connectivity index (χ4v) is 4.38. The zero-order valence-electron chi connectivity index (χ0n) is 17.2. The normalized spacial score (nSPS) is 22.3. The summed E-state index contributed by atoms with van der Waals surface area (Å²) in [6.07, 6.45) is 2.89. The number of carbonyl (C=O) groups excluding carboxylic acids is 3. The van der Waals surface area contributed by atoms with Crippen molar-refractivity contribution < 1.29 is 14.4 Å². The monoisotopic (exact) mass is 405 g/mol. The van der Waals surface area contributed by atoms with Gasteiger partial charge in [-0.25, -0.2) is 4.79 Å². The van der Waals surface area contributed by atoms with E-state index >= 15 is 0 Å². The molecule has 1 unspecified atom stereocenters. The second-order valence-corrected chi connectivity index (χ2v) is 8.33. The number of carbonyl (C=O) groups is 3. The van der Waals surface area contributed by atoms with Crippen LogP contribution in [0.4, 0.5) is 4.79 Å². The molecular weight excluding hydrogens is 378 g/mol. The van der Waals surface area contributed by atoms with Crippen LogP contribution < -0.4 is 5.32 Å². The van der Waals surface area contributed by atoms with E-state index in [-0.39, 0.29) is 18.4 Å². The number of likely N-dealkylation sites (tertiary alicyclic amines) is 1. The van der Waals surface area contributed by atoms with E-state index in [1.54, 1.807) is 24.0 Å². The van der Waals surface area contributed by atoms with E-state index in [2.05, 4.69) is 29.6 Å². The molecule has 2 fully saturated rings. The average molecular weight is 405 g/mol. The second kappa shape index (κ2) is 8.30. The molecule has 156 valence electrons. The molecule has 6 heteroatoms. The van der Waals surface area contributed by atoms with Crippen LogP contribution in [0.5, 0.6) is 0 Å². The van der Waals surface area contributed by atoms with E-state index in [0.29, 0.717) is 24.6 Å². The van der Waals surface area contributed by atoms with Crippen molar-refractivity contribution in [1.29, 1.82) is 0 Å². The highest BCUT2D eigenvalue weighted by atomic mass is 16.2. The summed E-state index contributed by atoms with van der Waals surface area (Å²) < 4.78 is 0. The molecule has 30 heavy (non-hydrogen) atoms. The van der Waals surface area contributed by atoms with Crippen molar-refractivity contribution in [3.63, 3.8) is 0 Å². The molecule has 0 aromatic heterocycles. The fraction of sp³-hybridized carbons (Fsp3) is 0.375. The molecule has 0 aliphatic carbocycles. The van der Waals surface area contributed by atoms with Crippen LogP contribution in [0.2, 0.25) is 0 Å². The first kappa shape index (κ1) is 20.1. The lowest BCUT2D eigenvalue weighted by molar-refractivity contribution is -0.139. The number of hydrogen-bond acceptors (Lipinski definition) is 3. The summed E-state index contributed by atoms with van der Waals surface area (Å²) in [6, 6.07) is 19.0. The number of urea groups is 1. The topological polar surface area (TPSA) is 69.7 Å². The Morgan fingerprint density at radius 3 is 2.23 bits per heavy atom. The maximum absolute atomic E-state index is 13.0. The molecule has 1 N–H and O–H groups in total. The predicted molar refractivity (Wildman–Crippen MR) is 113 cm³/mol. The Kier molecular flexibility index (Phi) is 5.57.